The van der Waals surface area contributed by atoms with E-state index in [1.807, 2.05) is 17.5 Å². The first-order valence-electron chi connectivity index (χ1n) is 5.34. The number of nitrogens with two attached hydrogens (primary N) is 1. The summed E-state index contributed by atoms with van der Waals surface area (Å²) in [6.45, 7) is 1.06. The number of sulfonamides is 1. The van der Waals surface area contributed by atoms with E-state index in [0.29, 0.717) is 19.5 Å². The average molecular weight is 297 g/mol. The second-order valence-electron chi connectivity index (χ2n) is 4.05. The molecule has 0 aromatic carbocycles. The van der Waals surface area contributed by atoms with E-state index >= 15 is 0 Å². The maximum atomic E-state index is 11.9. The van der Waals surface area contributed by atoms with Crippen LogP contribution in [0.3, 0.4) is 0 Å². The van der Waals surface area contributed by atoms with E-state index in [0.717, 1.165) is 11.3 Å². The van der Waals surface area contributed by atoms with Crippen LogP contribution in [-0.2, 0) is 16.4 Å². The smallest absolute Gasteiger partial charge is 0.214 e. The van der Waals surface area contributed by atoms with Gasteiger partial charge in [-0.1, -0.05) is 6.07 Å². The predicted octanol–water partition coefficient (Wildman–Crippen LogP) is 1.08. The van der Waals surface area contributed by atoms with Gasteiger partial charge in [0, 0.05) is 24.0 Å². The van der Waals surface area contributed by atoms with E-state index in [2.05, 4.69) is 0 Å². The Hall–Kier alpha value is -0.140. The maximum Gasteiger partial charge on any atom is 0.214 e. The van der Waals surface area contributed by atoms with Crippen molar-refractivity contribution in [3.8, 4) is 0 Å². The van der Waals surface area contributed by atoms with Crippen LogP contribution < -0.4 is 5.73 Å². The molecule has 2 rings (SSSR count). The van der Waals surface area contributed by atoms with Gasteiger partial charge in [-0.25, -0.2) is 12.7 Å². The Bertz CT molecular complexity index is 433. The zero-order chi connectivity index (χ0) is 11.6. The van der Waals surface area contributed by atoms with Gasteiger partial charge in [-0.15, -0.1) is 23.7 Å². The molecule has 0 bridgehead atoms. The van der Waals surface area contributed by atoms with Gasteiger partial charge in [0.25, 0.3) is 0 Å². The molecular weight excluding hydrogens is 280 g/mol. The lowest BCUT2D eigenvalue weighted by atomic mass is 10.3. The molecule has 0 aliphatic carbocycles. The molecule has 0 radical (unpaired) electrons. The predicted molar refractivity (Wildman–Crippen MR) is 73.2 cm³/mol. The van der Waals surface area contributed by atoms with Crippen LogP contribution in [0.15, 0.2) is 17.5 Å². The third-order valence-electron chi connectivity index (χ3n) is 2.77. The maximum absolute atomic E-state index is 11.9. The Morgan fingerprint density at radius 1 is 1.53 bits per heavy atom. The molecule has 0 amide bonds. The molecule has 17 heavy (non-hydrogen) atoms. The Morgan fingerprint density at radius 2 is 2.29 bits per heavy atom. The molecule has 98 valence electrons. The Balaban J connectivity index is 0.00000144. The highest BCUT2D eigenvalue weighted by Gasteiger charge is 2.29. The van der Waals surface area contributed by atoms with Gasteiger partial charge in [0.1, 0.15) is 0 Å². The van der Waals surface area contributed by atoms with Crippen LogP contribution in [0, 0.1) is 0 Å². The van der Waals surface area contributed by atoms with E-state index in [1.54, 1.807) is 11.3 Å². The number of thiophene rings is 1. The molecule has 1 saturated heterocycles. The highest BCUT2D eigenvalue weighted by molar-refractivity contribution is 7.89. The highest BCUT2D eigenvalue weighted by atomic mass is 35.5. The van der Waals surface area contributed by atoms with Crippen LogP contribution in [0.25, 0.3) is 0 Å². The van der Waals surface area contributed by atoms with Crippen LogP contribution in [-0.4, -0.2) is 37.6 Å². The van der Waals surface area contributed by atoms with E-state index in [9.17, 15) is 8.42 Å². The quantitative estimate of drug-likeness (QED) is 0.904. The number of aryl methyl sites for hydroxylation is 1. The number of halogens is 1. The standard InChI is InChI=1S/C10H16N2O2S2.ClH/c11-9-3-5-12(8-9)16(13,14)7-4-10-2-1-6-15-10;/h1-2,6,9H,3-5,7-8,11H2;1H. The summed E-state index contributed by atoms with van der Waals surface area (Å²) in [7, 11) is -3.11. The molecular formula is C10H17ClN2O2S2. The van der Waals surface area contributed by atoms with Gasteiger partial charge in [-0.3, -0.25) is 0 Å². The Morgan fingerprint density at radius 3 is 2.82 bits per heavy atom. The number of nitrogens with zero attached hydrogens (tertiary/aromatic N) is 1. The number of hydrogen-bond acceptors (Lipinski definition) is 4. The molecule has 7 heteroatoms. The summed E-state index contributed by atoms with van der Waals surface area (Å²) in [5, 5.41) is 1.97. The largest absolute Gasteiger partial charge is 0.326 e. The zero-order valence-electron chi connectivity index (χ0n) is 9.41. The van der Waals surface area contributed by atoms with Crippen molar-refractivity contribution in [2.45, 2.75) is 18.9 Å². The number of hydrogen-bond donors (Lipinski definition) is 1. The monoisotopic (exact) mass is 296 g/mol. The molecule has 2 heterocycles. The van der Waals surface area contributed by atoms with Crippen molar-refractivity contribution in [2.24, 2.45) is 5.73 Å². The third kappa shape index (κ3) is 3.93. The van der Waals surface area contributed by atoms with Crippen molar-refractivity contribution in [3.05, 3.63) is 22.4 Å². The van der Waals surface area contributed by atoms with Gasteiger partial charge in [-0.05, 0) is 24.3 Å². The normalized spacial score (nSPS) is 21.4. The van der Waals surface area contributed by atoms with Gasteiger partial charge < -0.3 is 5.73 Å². The minimum Gasteiger partial charge on any atom is -0.326 e. The van der Waals surface area contributed by atoms with E-state index in [-0.39, 0.29) is 24.2 Å². The second kappa shape index (κ2) is 6.15. The first-order valence-corrected chi connectivity index (χ1v) is 7.82. The van der Waals surface area contributed by atoms with Crippen LogP contribution in [0.5, 0.6) is 0 Å². The Labute approximate surface area is 112 Å². The lowest BCUT2D eigenvalue weighted by molar-refractivity contribution is 0.472. The van der Waals surface area contributed by atoms with Crippen LogP contribution in [0.4, 0.5) is 0 Å². The van der Waals surface area contributed by atoms with Crippen LogP contribution in [0.2, 0.25) is 0 Å². The van der Waals surface area contributed by atoms with Crippen molar-refractivity contribution < 1.29 is 8.42 Å². The topological polar surface area (TPSA) is 63.4 Å². The van der Waals surface area contributed by atoms with Crippen molar-refractivity contribution in [2.75, 3.05) is 18.8 Å². The fraction of sp³-hybridized carbons (Fsp3) is 0.600. The summed E-state index contributed by atoms with van der Waals surface area (Å²) in [6.07, 6.45) is 1.38. The fourth-order valence-electron chi connectivity index (χ4n) is 1.82. The summed E-state index contributed by atoms with van der Waals surface area (Å²) in [5.41, 5.74) is 5.71. The van der Waals surface area contributed by atoms with Gasteiger partial charge in [0.15, 0.2) is 0 Å². The SMILES string of the molecule is Cl.NC1CCN(S(=O)(=O)CCc2cccs2)C1. The summed E-state index contributed by atoms with van der Waals surface area (Å²) in [6, 6.07) is 3.92. The second-order valence-corrected chi connectivity index (χ2v) is 7.17. The van der Waals surface area contributed by atoms with E-state index in [1.165, 1.54) is 4.31 Å². The van der Waals surface area contributed by atoms with E-state index in [4.69, 9.17) is 5.73 Å². The van der Waals surface area contributed by atoms with Crippen LogP contribution >= 0.6 is 23.7 Å². The molecule has 2 N–H and O–H groups in total. The zero-order valence-corrected chi connectivity index (χ0v) is 11.9. The lowest BCUT2D eigenvalue weighted by Gasteiger charge is -2.15. The van der Waals surface area contributed by atoms with Gasteiger partial charge in [0.2, 0.25) is 10.0 Å². The summed E-state index contributed by atoms with van der Waals surface area (Å²) >= 11 is 1.60. The first kappa shape index (κ1) is 14.9. The molecule has 0 spiro atoms. The minimum atomic E-state index is -3.11. The minimum absolute atomic E-state index is 0. The molecule has 0 saturated carbocycles. The van der Waals surface area contributed by atoms with E-state index < -0.39 is 10.0 Å². The summed E-state index contributed by atoms with van der Waals surface area (Å²) in [4.78, 5) is 1.12. The van der Waals surface area contributed by atoms with Crippen molar-refractivity contribution in [1.29, 1.82) is 0 Å². The Kier molecular flexibility index (Phi) is 5.40. The molecule has 1 fully saturated rings. The van der Waals surface area contributed by atoms with Crippen molar-refractivity contribution in [1.82, 2.24) is 4.31 Å². The molecule has 1 unspecified atom stereocenters. The van der Waals surface area contributed by atoms with Crippen molar-refractivity contribution >= 4 is 33.8 Å². The first-order chi connectivity index (χ1) is 7.58. The van der Waals surface area contributed by atoms with Gasteiger partial charge in [-0.2, -0.15) is 0 Å². The van der Waals surface area contributed by atoms with Gasteiger partial charge in [0.05, 0.1) is 5.75 Å². The molecule has 4 nitrogen and oxygen atoms in total. The third-order valence-corrected chi connectivity index (χ3v) is 5.54. The molecule has 1 aliphatic rings. The van der Waals surface area contributed by atoms with Gasteiger partial charge >= 0.3 is 0 Å². The number of rotatable bonds is 4. The molecule has 1 aliphatic heterocycles. The summed E-state index contributed by atoms with van der Waals surface area (Å²) < 4.78 is 25.4. The fourth-order valence-corrected chi connectivity index (χ4v) is 4.20. The molecule has 1 aromatic heterocycles. The summed E-state index contributed by atoms with van der Waals surface area (Å²) in [5.74, 6) is 0.195. The highest BCUT2D eigenvalue weighted by Crippen LogP contribution is 2.15. The van der Waals surface area contributed by atoms with Crippen LogP contribution in [0.1, 0.15) is 11.3 Å². The molecule has 1 aromatic rings. The lowest BCUT2D eigenvalue weighted by Crippen LogP contribution is -2.34. The van der Waals surface area contributed by atoms with Crippen molar-refractivity contribution in [3.63, 3.8) is 0 Å². The average Bonchev–Trinajstić information content (AvgIpc) is 2.85. The molecule has 1 atom stereocenters.